The number of allylic oxidation sites excluding steroid dienone is 1. The number of benzene rings is 1. The van der Waals surface area contributed by atoms with Crippen molar-refractivity contribution in [2.75, 3.05) is 0 Å². The van der Waals surface area contributed by atoms with Crippen molar-refractivity contribution in [2.24, 2.45) is 0 Å². The van der Waals surface area contributed by atoms with E-state index in [9.17, 15) is 9.59 Å². The Morgan fingerprint density at radius 3 is 2.35 bits per heavy atom. The van der Waals surface area contributed by atoms with Crippen LogP contribution in [0.25, 0.3) is 6.08 Å². The van der Waals surface area contributed by atoms with Gasteiger partial charge in [-0.1, -0.05) is 30.3 Å². The van der Waals surface area contributed by atoms with Gasteiger partial charge >= 0.3 is 0 Å². The lowest BCUT2D eigenvalue weighted by atomic mass is 10.1. The molecule has 0 aliphatic carbocycles. The molecule has 1 aromatic carbocycles. The highest BCUT2D eigenvalue weighted by atomic mass is 16.3. The Hall–Kier alpha value is -2.42. The summed E-state index contributed by atoms with van der Waals surface area (Å²) in [6.45, 7) is 0. The second-order valence-corrected chi connectivity index (χ2v) is 3.42. The van der Waals surface area contributed by atoms with Crippen molar-refractivity contribution in [3.8, 4) is 0 Å². The minimum atomic E-state index is -0.102. The molecule has 2 aromatic rings. The van der Waals surface area contributed by atoms with Crippen LogP contribution in [0.4, 0.5) is 0 Å². The number of rotatable bonds is 4. The van der Waals surface area contributed by atoms with Crippen LogP contribution in [0.5, 0.6) is 0 Å². The van der Waals surface area contributed by atoms with Crippen molar-refractivity contribution in [3.63, 3.8) is 0 Å². The molecule has 0 radical (unpaired) electrons. The Morgan fingerprint density at radius 1 is 1.00 bits per heavy atom. The molecule has 0 fully saturated rings. The van der Waals surface area contributed by atoms with Gasteiger partial charge in [0.05, 0.1) is 0 Å². The molecule has 0 saturated carbocycles. The summed E-state index contributed by atoms with van der Waals surface area (Å²) in [4.78, 5) is 22.1. The lowest BCUT2D eigenvalue weighted by molar-refractivity contribution is 0.104. The average molecular weight is 226 g/mol. The first-order valence-corrected chi connectivity index (χ1v) is 5.12. The van der Waals surface area contributed by atoms with E-state index in [1.807, 2.05) is 6.07 Å². The lowest BCUT2D eigenvalue weighted by Gasteiger charge is -1.92. The Kier molecular flexibility index (Phi) is 3.31. The summed E-state index contributed by atoms with van der Waals surface area (Å²) in [5.74, 6) is 0.628. The van der Waals surface area contributed by atoms with E-state index in [0.717, 1.165) is 0 Å². The molecule has 0 amide bonds. The van der Waals surface area contributed by atoms with Crippen molar-refractivity contribution in [1.29, 1.82) is 0 Å². The molecular formula is C14H10O3. The third-order valence-electron chi connectivity index (χ3n) is 2.22. The smallest absolute Gasteiger partial charge is 0.185 e. The second kappa shape index (κ2) is 5.07. The predicted molar refractivity (Wildman–Crippen MR) is 63.9 cm³/mol. The van der Waals surface area contributed by atoms with Gasteiger partial charge in [0.15, 0.2) is 17.8 Å². The minimum absolute atomic E-state index is 0.102. The summed E-state index contributed by atoms with van der Waals surface area (Å²) < 4.78 is 5.11. The number of hydrogen-bond acceptors (Lipinski definition) is 3. The molecule has 2 rings (SSSR count). The summed E-state index contributed by atoms with van der Waals surface area (Å²) in [6.07, 6.45) is 3.58. The van der Waals surface area contributed by atoms with Gasteiger partial charge in [0.25, 0.3) is 0 Å². The van der Waals surface area contributed by atoms with E-state index in [0.29, 0.717) is 17.6 Å². The van der Waals surface area contributed by atoms with Crippen LogP contribution in [0.1, 0.15) is 26.7 Å². The lowest BCUT2D eigenvalue weighted by Crippen LogP contribution is -1.92. The van der Waals surface area contributed by atoms with Crippen LogP contribution in [-0.4, -0.2) is 12.1 Å². The molecule has 1 aromatic heterocycles. The van der Waals surface area contributed by atoms with Crippen molar-refractivity contribution in [3.05, 3.63) is 65.6 Å². The summed E-state index contributed by atoms with van der Waals surface area (Å²) in [7, 11) is 0. The maximum absolute atomic E-state index is 11.7. The topological polar surface area (TPSA) is 47.3 Å². The van der Waals surface area contributed by atoms with Crippen molar-refractivity contribution < 1.29 is 14.0 Å². The molecule has 3 heteroatoms. The summed E-state index contributed by atoms with van der Waals surface area (Å²) >= 11 is 0. The number of ketones is 1. The first-order chi connectivity index (χ1) is 8.29. The summed E-state index contributed by atoms with van der Waals surface area (Å²) in [6, 6.07) is 12.1. The minimum Gasteiger partial charge on any atom is -0.454 e. The zero-order valence-electron chi connectivity index (χ0n) is 9.00. The molecule has 17 heavy (non-hydrogen) atoms. The number of carbonyl (C=O) groups is 2. The molecule has 0 bridgehead atoms. The predicted octanol–water partition coefficient (Wildman–Crippen LogP) is 2.99. The molecule has 1 heterocycles. The van der Waals surface area contributed by atoms with Gasteiger partial charge in [-0.3, -0.25) is 9.59 Å². The first kappa shape index (κ1) is 11.1. The highest BCUT2D eigenvalue weighted by molar-refractivity contribution is 6.06. The van der Waals surface area contributed by atoms with Crippen LogP contribution in [0, 0.1) is 0 Å². The molecule has 0 N–H and O–H groups in total. The Bertz CT molecular complexity index is 550. The molecule has 0 saturated heterocycles. The van der Waals surface area contributed by atoms with Gasteiger partial charge in [0, 0.05) is 5.56 Å². The van der Waals surface area contributed by atoms with Gasteiger partial charge < -0.3 is 4.42 Å². The van der Waals surface area contributed by atoms with Crippen LogP contribution in [0.3, 0.4) is 0 Å². The Morgan fingerprint density at radius 2 is 1.71 bits per heavy atom. The Labute approximate surface area is 98.4 Å². The zero-order valence-corrected chi connectivity index (χ0v) is 9.00. The third-order valence-corrected chi connectivity index (χ3v) is 2.22. The number of carbonyl (C=O) groups excluding carboxylic acids is 2. The van der Waals surface area contributed by atoms with Crippen molar-refractivity contribution in [2.45, 2.75) is 0 Å². The number of furan rings is 1. The first-order valence-electron chi connectivity index (χ1n) is 5.12. The summed E-state index contributed by atoms with van der Waals surface area (Å²) in [5, 5.41) is 0. The van der Waals surface area contributed by atoms with Gasteiger partial charge in [-0.2, -0.15) is 0 Å². The van der Waals surface area contributed by atoms with E-state index >= 15 is 0 Å². The number of aldehydes is 1. The maximum Gasteiger partial charge on any atom is 0.185 e. The van der Waals surface area contributed by atoms with Gasteiger partial charge in [0.2, 0.25) is 0 Å². The van der Waals surface area contributed by atoms with Gasteiger partial charge in [0.1, 0.15) is 5.76 Å². The van der Waals surface area contributed by atoms with Gasteiger partial charge in [-0.25, -0.2) is 0 Å². The molecular weight excluding hydrogens is 216 g/mol. The van der Waals surface area contributed by atoms with Crippen LogP contribution in [0.2, 0.25) is 0 Å². The molecule has 0 aliphatic heterocycles. The average Bonchev–Trinajstić information content (AvgIpc) is 2.85. The van der Waals surface area contributed by atoms with E-state index < -0.39 is 0 Å². The van der Waals surface area contributed by atoms with Crippen LogP contribution in [0.15, 0.2) is 53.0 Å². The second-order valence-electron chi connectivity index (χ2n) is 3.42. The molecule has 0 aliphatic rings. The van der Waals surface area contributed by atoms with E-state index in [2.05, 4.69) is 0 Å². The molecule has 84 valence electrons. The quantitative estimate of drug-likeness (QED) is 0.457. The fourth-order valence-electron chi connectivity index (χ4n) is 1.38. The standard InChI is InChI=1S/C14H10O3/c15-10-13-7-6-12(17-13)8-9-14(16)11-4-2-1-3-5-11/h1-10H/b9-8-. The third kappa shape index (κ3) is 2.78. The molecule has 0 spiro atoms. The van der Waals surface area contributed by atoms with Crippen LogP contribution in [-0.2, 0) is 0 Å². The van der Waals surface area contributed by atoms with E-state index in [1.54, 1.807) is 42.5 Å². The van der Waals surface area contributed by atoms with Crippen LogP contribution < -0.4 is 0 Å². The van der Waals surface area contributed by atoms with E-state index in [-0.39, 0.29) is 11.5 Å². The fourth-order valence-corrected chi connectivity index (χ4v) is 1.38. The molecule has 0 unspecified atom stereocenters. The van der Waals surface area contributed by atoms with E-state index in [4.69, 9.17) is 4.42 Å². The molecule has 3 nitrogen and oxygen atoms in total. The zero-order chi connectivity index (χ0) is 12.1. The van der Waals surface area contributed by atoms with E-state index in [1.165, 1.54) is 6.08 Å². The molecule has 0 atom stereocenters. The highest BCUT2D eigenvalue weighted by Crippen LogP contribution is 2.09. The maximum atomic E-state index is 11.7. The monoisotopic (exact) mass is 226 g/mol. The largest absolute Gasteiger partial charge is 0.454 e. The van der Waals surface area contributed by atoms with Crippen LogP contribution >= 0.6 is 0 Å². The normalized spacial score (nSPS) is 10.6. The fraction of sp³-hybridized carbons (Fsp3) is 0. The summed E-state index contributed by atoms with van der Waals surface area (Å²) in [5.41, 5.74) is 0.617. The highest BCUT2D eigenvalue weighted by Gasteiger charge is 2.01. The Balaban J connectivity index is 2.11. The SMILES string of the molecule is O=Cc1ccc(/C=C\C(=O)c2ccccc2)o1. The number of hydrogen-bond donors (Lipinski definition) is 0. The van der Waals surface area contributed by atoms with Gasteiger partial charge in [-0.05, 0) is 24.3 Å². The van der Waals surface area contributed by atoms with Gasteiger partial charge in [-0.15, -0.1) is 0 Å². The van der Waals surface area contributed by atoms with Crippen molar-refractivity contribution >= 4 is 18.1 Å². The van der Waals surface area contributed by atoms with Crippen molar-refractivity contribution in [1.82, 2.24) is 0 Å².